The number of aliphatic hydroxyl groups excluding tert-OH is 1. The number of hydrogen-bond donors (Lipinski definition) is 1. The quantitative estimate of drug-likeness (QED) is 0.931. The Hall–Kier alpha value is -0.650. The molecule has 0 spiro atoms. The summed E-state index contributed by atoms with van der Waals surface area (Å²) in [5, 5.41) is 10.5. The summed E-state index contributed by atoms with van der Waals surface area (Å²) in [6, 6.07) is 0. The molecule has 114 valence electrons. The first-order chi connectivity index (χ1) is 9.32. The molecule has 1 aromatic heterocycles. The van der Waals surface area contributed by atoms with Crippen LogP contribution in [0.4, 0.5) is 5.13 Å². The highest BCUT2D eigenvalue weighted by Crippen LogP contribution is 2.31. The molecular formula is C15H27N3OS. The molecule has 0 saturated carbocycles. The Morgan fingerprint density at radius 1 is 1.20 bits per heavy atom. The van der Waals surface area contributed by atoms with E-state index in [-0.39, 0.29) is 12.1 Å². The highest BCUT2D eigenvalue weighted by Gasteiger charge is 2.27. The van der Waals surface area contributed by atoms with Gasteiger partial charge in [0.25, 0.3) is 0 Å². The lowest BCUT2D eigenvalue weighted by Crippen LogP contribution is -2.53. The van der Waals surface area contributed by atoms with Crippen molar-refractivity contribution in [2.45, 2.75) is 52.7 Å². The number of aliphatic hydroxyl groups is 1. The maximum Gasteiger partial charge on any atom is 0.185 e. The van der Waals surface area contributed by atoms with E-state index in [1.54, 1.807) is 11.3 Å². The molecule has 1 fully saturated rings. The Morgan fingerprint density at radius 2 is 1.80 bits per heavy atom. The zero-order chi connectivity index (χ0) is 14.9. The number of thiazole rings is 1. The van der Waals surface area contributed by atoms with Crippen molar-refractivity contribution in [1.29, 1.82) is 0 Å². The summed E-state index contributed by atoms with van der Waals surface area (Å²) < 4.78 is 0. The molecule has 1 aliphatic rings. The van der Waals surface area contributed by atoms with Gasteiger partial charge in [0.1, 0.15) is 0 Å². The van der Waals surface area contributed by atoms with Crippen LogP contribution in [-0.4, -0.2) is 46.7 Å². The maximum absolute atomic E-state index is 9.47. The first-order valence-electron chi connectivity index (χ1n) is 7.43. The Bertz CT molecular complexity index is 442. The second-order valence-electron chi connectivity index (χ2n) is 6.76. The molecule has 1 saturated heterocycles. The summed E-state index contributed by atoms with van der Waals surface area (Å²) in [4.78, 5) is 10.7. The third kappa shape index (κ3) is 3.32. The molecule has 5 heteroatoms. The van der Waals surface area contributed by atoms with Crippen molar-refractivity contribution < 1.29 is 5.11 Å². The Morgan fingerprint density at radius 3 is 2.20 bits per heavy atom. The molecule has 2 rings (SSSR count). The minimum Gasteiger partial charge on any atom is -0.391 e. The van der Waals surface area contributed by atoms with Crippen molar-refractivity contribution in [3.8, 4) is 0 Å². The van der Waals surface area contributed by atoms with Crippen LogP contribution in [0.5, 0.6) is 0 Å². The summed E-state index contributed by atoms with van der Waals surface area (Å²) >= 11 is 1.65. The lowest BCUT2D eigenvalue weighted by atomic mass is 10.1. The molecule has 1 N–H and O–H groups in total. The second kappa shape index (κ2) is 6.00. The van der Waals surface area contributed by atoms with Crippen LogP contribution in [0.15, 0.2) is 0 Å². The van der Waals surface area contributed by atoms with E-state index in [0.29, 0.717) is 5.92 Å². The van der Waals surface area contributed by atoms with E-state index in [4.69, 9.17) is 4.98 Å². The number of rotatable bonds is 3. The minimum absolute atomic E-state index is 0.104. The van der Waals surface area contributed by atoms with Gasteiger partial charge in [0, 0.05) is 31.7 Å². The van der Waals surface area contributed by atoms with Crippen LogP contribution in [0.25, 0.3) is 0 Å². The van der Waals surface area contributed by atoms with E-state index < -0.39 is 0 Å². The molecule has 1 aromatic rings. The lowest BCUT2D eigenvalue weighted by Gasteiger charge is -2.42. The fraction of sp³-hybridized carbons (Fsp3) is 0.800. The van der Waals surface area contributed by atoms with E-state index in [1.807, 2.05) is 0 Å². The highest BCUT2D eigenvalue weighted by molar-refractivity contribution is 7.15. The molecule has 2 heterocycles. The summed E-state index contributed by atoms with van der Waals surface area (Å²) in [7, 11) is 0. The predicted octanol–water partition coefficient (Wildman–Crippen LogP) is 2.68. The Kier molecular flexibility index (Phi) is 4.72. The van der Waals surface area contributed by atoms with Crippen LogP contribution in [0.2, 0.25) is 0 Å². The van der Waals surface area contributed by atoms with Crippen LogP contribution in [0.1, 0.15) is 51.1 Å². The summed E-state index contributed by atoms with van der Waals surface area (Å²) in [5.41, 5.74) is 1.31. The number of hydrogen-bond acceptors (Lipinski definition) is 5. The van der Waals surface area contributed by atoms with E-state index in [2.05, 4.69) is 44.4 Å². The van der Waals surface area contributed by atoms with Crippen molar-refractivity contribution >= 4 is 16.5 Å². The van der Waals surface area contributed by atoms with E-state index in [0.717, 1.165) is 41.9 Å². The van der Waals surface area contributed by atoms with Crippen LogP contribution >= 0.6 is 11.3 Å². The number of anilines is 1. The average molecular weight is 297 g/mol. The topological polar surface area (TPSA) is 39.6 Å². The molecule has 0 radical (unpaired) electrons. The maximum atomic E-state index is 9.47. The van der Waals surface area contributed by atoms with Crippen molar-refractivity contribution in [2.24, 2.45) is 0 Å². The van der Waals surface area contributed by atoms with Gasteiger partial charge in [-0.25, -0.2) is 4.98 Å². The molecule has 4 nitrogen and oxygen atoms in total. The van der Waals surface area contributed by atoms with Crippen LogP contribution in [0.3, 0.4) is 0 Å². The van der Waals surface area contributed by atoms with Gasteiger partial charge in [-0.05, 0) is 26.7 Å². The van der Waals surface area contributed by atoms with Gasteiger partial charge in [0.05, 0.1) is 17.2 Å². The monoisotopic (exact) mass is 297 g/mol. The van der Waals surface area contributed by atoms with Crippen molar-refractivity contribution in [2.75, 3.05) is 31.1 Å². The number of aromatic nitrogens is 1. The normalized spacial score (nSPS) is 18.1. The fourth-order valence-electron chi connectivity index (χ4n) is 2.62. The van der Waals surface area contributed by atoms with Gasteiger partial charge in [-0.1, -0.05) is 25.2 Å². The first kappa shape index (κ1) is 15.7. The minimum atomic E-state index is 0.104. The summed E-state index contributed by atoms with van der Waals surface area (Å²) in [5.74, 6) is 0.373. The average Bonchev–Trinajstić information content (AvgIpc) is 2.82. The molecule has 20 heavy (non-hydrogen) atoms. The van der Waals surface area contributed by atoms with Gasteiger partial charge in [-0.2, -0.15) is 0 Å². The second-order valence-corrected chi connectivity index (χ2v) is 7.82. The smallest absolute Gasteiger partial charge is 0.185 e. The molecule has 0 aromatic carbocycles. The highest BCUT2D eigenvalue weighted by atomic mass is 32.1. The number of piperazine rings is 1. The lowest BCUT2D eigenvalue weighted by molar-refractivity contribution is 0.128. The molecule has 0 aliphatic carbocycles. The van der Waals surface area contributed by atoms with Gasteiger partial charge in [-0.3, -0.25) is 4.90 Å². The molecule has 0 atom stereocenters. The zero-order valence-corrected chi connectivity index (χ0v) is 14.1. The van der Waals surface area contributed by atoms with Gasteiger partial charge in [0.15, 0.2) is 5.13 Å². The van der Waals surface area contributed by atoms with Gasteiger partial charge >= 0.3 is 0 Å². The third-order valence-corrected chi connectivity index (χ3v) is 5.02. The Balaban J connectivity index is 2.07. The molecule has 0 unspecified atom stereocenters. The van der Waals surface area contributed by atoms with Crippen LogP contribution < -0.4 is 4.90 Å². The largest absolute Gasteiger partial charge is 0.391 e. The number of nitrogens with zero attached hydrogens (tertiary/aromatic N) is 3. The Labute approximate surface area is 126 Å². The fourth-order valence-corrected chi connectivity index (χ4v) is 3.75. The van der Waals surface area contributed by atoms with Crippen molar-refractivity contribution in [3.05, 3.63) is 10.6 Å². The standard InChI is InChI=1S/C15H27N3OS/c1-11(2)13-12(10-19)20-14(16-13)17-6-8-18(9-7-17)15(3,4)5/h11,19H,6-10H2,1-5H3. The molecule has 0 amide bonds. The van der Waals surface area contributed by atoms with E-state index >= 15 is 0 Å². The predicted molar refractivity (Wildman–Crippen MR) is 85.7 cm³/mol. The van der Waals surface area contributed by atoms with Crippen molar-refractivity contribution in [3.63, 3.8) is 0 Å². The van der Waals surface area contributed by atoms with Crippen LogP contribution in [-0.2, 0) is 6.61 Å². The summed E-state index contributed by atoms with van der Waals surface area (Å²) in [6.07, 6.45) is 0. The van der Waals surface area contributed by atoms with Crippen molar-refractivity contribution in [1.82, 2.24) is 9.88 Å². The van der Waals surface area contributed by atoms with E-state index in [9.17, 15) is 5.11 Å². The first-order valence-corrected chi connectivity index (χ1v) is 8.25. The van der Waals surface area contributed by atoms with Gasteiger partial charge < -0.3 is 10.0 Å². The molecule has 0 bridgehead atoms. The van der Waals surface area contributed by atoms with E-state index in [1.165, 1.54) is 0 Å². The van der Waals surface area contributed by atoms with Gasteiger partial charge in [0.2, 0.25) is 0 Å². The summed E-state index contributed by atoms with van der Waals surface area (Å²) in [6.45, 7) is 15.4. The SMILES string of the molecule is CC(C)c1nc(N2CCN(C(C)(C)C)CC2)sc1CO. The van der Waals surface area contributed by atoms with Crippen LogP contribution in [0, 0.1) is 0 Å². The zero-order valence-electron chi connectivity index (χ0n) is 13.3. The van der Waals surface area contributed by atoms with Gasteiger partial charge in [-0.15, -0.1) is 0 Å². The third-order valence-electron chi connectivity index (χ3n) is 3.91. The molecule has 1 aliphatic heterocycles. The molecular weight excluding hydrogens is 270 g/mol.